The van der Waals surface area contributed by atoms with Gasteiger partial charge in [0.1, 0.15) is 12.1 Å². The number of phenolic OH excluding ortho intramolecular Hbond substituents is 1. The summed E-state index contributed by atoms with van der Waals surface area (Å²) in [5.74, 6) is 0.830. The van der Waals surface area contributed by atoms with E-state index in [1.165, 1.54) is 12.8 Å². The second-order valence-corrected chi connectivity index (χ2v) is 5.38. The van der Waals surface area contributed by atoms with Crippen LogP contribution in [0.4, 0.5) is 0 Å². The van der Waals surface area contributed by atoms with E-state index in [1.54, 1.807) is 12.4 Å². The average molecular weight is 269 g/mol. The van der Waals surface area contributed by atoms with Crippen molar-refractivity contribution in [3.8, 4) is 5.75 Å². The summed E-state index contributed by atoms with van der Waals surface area (Å²) in [6.07, 6.45) is 5.82. The highest BCUT2D eigenvalue weighted by Gasteiger charge is 2.22. The van der Waals surface area contributed by atoms with Crippen LogP contribution in [0.25, 0.3) is 0 Å². The van der Waals surface area contributed by atoms with Crippen molar-refractivity contribution in [2.24, 2.45) is 0 Å². The van der Waals surface area contributed by atoms with Crippen LogP contribution in [0.3, 0.4) is 0 Å². The molecule has 1 aliphatic heterocycles. The molecule has 0 bridgehead atoms. The summed E-state index contributed by atoms with van der Waals surface area (Å²) in [6, 6.07) is 9.53. The van der Waals surface area contributed by atoms with Gasteiger partial charge in [0, 0.05) is 30.9 Å². The zero-order valence-electron chi connectivity index (χ0n) is 11.4. The van der Waals surface area contributed by atoms with Crippen LogP contribution in [0, 0.1) is 0 Å². The van der Waals surface area contributed by atoms with Crippen molar-refractivity contribution in [3.63, 3.8) is 0 Å². The zero-order valence-corrected chi connectivity index (χ0v) is 11.4. The molecule has 0 radical (unpaired) electrons. The van der Waals surface area contributed by atoms with Crippen LogP contribution >= 0.6 is 0 Å². The Balaban J connectivity index is 1.66. The summed E-state index contributed by atoms with van der Waals surface area (Å²) in [5, 5.41) is 9.54. The molecule has 0 spiro atoms. The number of rotatable bonds is 3. The molecule has 1 aliphatic rings. The number of hydrogen-bond acceptors (Lipinski definition) is 4. The van der Waals surface area contributed by atoms with Crippen molar-refractivity contribution in [1.29, 1.82) is 0 Å². The van der Waals surface area contributed by atoms with Gasteiger partial charge in [-0.15, -0.1) is 0 Å². The molecule has 0 amide bonds. The van der Waals surface area contributed by atoms with Gasteiger partial charge in [-0.25, -0.2) is 9.97 Å². The van der Waals surface area contributed by atoms with Crippen LogP contribution in [0.5, 0.6) is 5.75 Å². The van der Waals surface area contributed by atoms with E-state index in [1.807, 2.05) is 24.4 Å². The summed E-state index contributed by atoms with van der Waals surface area (Å²) in [4.78, 5) is 10.8. The van der Waals surface area contributed by atoms with Crippen molar-refractivity contribution < 1.29 is 5.11 Å². The fraction of sp³-hybridized carbons (Fsp3) is 0.375. The molecule has 20 heavy (non-hydrogen) atoms. The van der Waals surface area contributed by atoms with Gasteiger partial charge in [-0.05, 0) is 43.1 Å². The fourth-order valence-electron chi connectivity index (χ4n) is 2.90. The van der Waals surface area contributed by atoms with Crippen molar-refractivity contribution in [2.75, 3.05) is 13.1 Å². The number of likely N-dealkylation sites (tertiary alicyclic amines) is 1. The molecule has 4 nitrogen and oxygen atoms in total. The SMILES string of the molecule is Oc1cccc(CN2CCC[C@H](c3ccncn3)C2)c1. The Morgan fingerprint density at radius 3 is 3.05 bits per heavy atom. The molecule has 1 aromatic heterocycles. The van der Waals surface area contributed by atoms with E-state index < -0.39 is 0 Å². The molecule has 3 rings (SSSR count). The topological polar surface area (TPSA) is 49.2 Å². The lowest BCUT2D eigenvalue weighted by Gasteiger charge is -2.32. The van der Waals surface area contributed by atoms with E-state index in [2.05, 4.69) is 20.9 Å². The molecular formula is C16H19N3O. The first kappa shape index (κ1) is 13.1. The maximum absolute atomic E-state index is 9.54. The first-order chi connectivity index (χ1) is 9.81. The quantitative estimate of drug-likeness (QED) is 0.930. The maximum Gasteiger partial charge on any atom is 0.115 e. The molecule has 0 aliphatic carbocycles. The number of benzene rings is 1. The maximum atomic E-state index is 9.54. The Labute approximate surface area is 119 Å². The standard InChI is InChI=1S/C16H19N3O/c20-15-5-1-3-13(9-15)10-19-8-2-4-14(11-19)16-6-7-17-12-18-16/h1,3,5-7,9,12,14,20H,2,4,8,10-11H2/t14-/m0/s1. The van der Waals surface area contributed by atoms with E-state index in [9.17, 15) is 5.11 Å². The predicted octanol–water partition coefficient (Wildman–Crippen LogP) is 2.56. The molecular weight excluding hydrogens is 250 g/mol. The van der Waals surface area contributed by atoms with Gasteiger partial charge in [-0.2, -0.15) is 0 Å². The number of aromatic nitrogens is 2. The Morgan fingerprint density at radius 2 is 2.25 bits per heavy atom. The summed E-state index contributed by atoms with van der Waals surface area (Å²) in [6.45, 7) is 3.01. The molecule has 1 fully saturated rings. The number of aromatic hydroxyl groups is 1. The minimum Gasteiger partial charge on any atom is -0.508 e. The van der Waals surface area contributed by atoms with Gasteiger partial charge in [0.15, 0.2) is 0 Å². The van der Waals surface area contributed by atoms with Crippen LogP contribution in [0.15, 0.2) is 42.9 Å². The molecule has 104 valence electrons. The van der Waals surface area contributed by atoms with Crippen molar-refractivity contribution >= 4 is 0 Å². The third-order valence-corrected chi connectivity index (χ3v) is 3.85. The van der Waals surface area contributed by atoms with Gasteiger partial charge in [-0.1, -0.05) is 12.1 Å². The predicted molar refractivity (Wildman–Crippen MR) is 77.4 cm³/mol. The fourth-order valence-corrected chi connectivity index (χ4v) is 2.90. The first-order valence-electron chi connectivity index (χ1n) is 7.07. The summed E-state index contributed by atoms with van der Waals surface area (Å²) in [7, 11) is 0. The molecule has 0 unspecified atom stereocenters. The summed E-state index contributed by atoms with van der Waals surface area (Å²) in [5.41, 5.74) is 2.30. The third-order valence-electron chi connectivity index (χ3n) is 3.85. The number of nitrogens with zero attached hydrogens (tertiary/aromatic N) is 3. The highest BCUT2D eigenvalue weighted by molar-refractivity contribution is 5.27. The van der Waals surface area contributed by atoms with Crippen LogP contribution in [-0.4, -0.2) is 33.1 Å². The third kappa shape index (κ3) is 3.14. The first-order valence-corrected chi connectivity index (χ1v) is 7.07. The minimum absolute atomic E-state index is 0.340. The summed E-state index contributed by atoms with van der Waals surface area (Å²) >= 11 is 0. The molecule has 1 aromatic carbocycles. The minimum atomic E-state index is 0.340. The Bertz CT molecular complexity index is 559. The zero-order chi connectivity index (χ0) is 13.8. The smallest absolute Gasteiger partial charge is 0.115 e. The normalized spacial score (nSPS) is 19.9. The molecule has 2 heterocycles. The van der Waals surface area contributed by atoms with E-state index >= 15 is 0 Å². The number of hydrogen-bond donors (Lipinski definition) is 1. The summed E-state index contributed by atoms with van der Waals surface area (Å²) < 4.78 is 0. The molecule has 4 heteroatoms. The number of phenols is 1. The van der Waals surface area contributed by atoms with Crippen LogP contribution in [0.1, 0.15) is 30.0 Å². The monoisotopic (exact) mass is 269 g/mol. The van der Waals surface area contributed by atoms with Gasteiger partial charge < -0.3 is 5.11 Å². The van der Waals surface area contributed by atoms with E-state index in [4.69, 9.17) is 0 Å². The van der Waals surface area contributed by atoms with Crippen LogP contribution in [-0.2, 0) is 6.54 Å². The van der Waals surface area contributed by atoms with E-state index in [-0.39, 0.29) is 0 Å². The second kappa shape index (κ2) is 6.01. The largest absolute Gasteiger partial charge is 0.508 e. The lowest BCUT2D eigenvalue weighted by molar-refractivity contribution is 0.198. The van der Waals surface area contributed by atoms with Crippen molar-refractivity contribution in [2.45, 2.75) is 25.3 Å². The molecule has 2 aromatic rings. The van der Waals surface area contributed by atoms with Gasteiger partial charge in [0.25, 0.3) is 0 Å². The highest BCUT2D eigenvalue weighted by Crippen LogP contribution is 2.26. The Hall–Kier alpha value is -1.94. The van der Waals surface area contributed by atoms with E-state index in [0.29, 0.717) is 11.7 Å². The molecule has 1 N–H and O–H groups in total. The van der Waals surface area contributed by atoms with Gasteiger partial charge in [0.2, 0.25) is 0 Å². The Kier molecular flexibility index (Phi) is 3.92. The molecule has 1 atom stereocenters. The van der Waals surface area contributed by atoms with Gasteiger partial charge in [0.05, 0.1) is 0 Å². The van der Waals surface area contributed by atoms with Crippen molar-refractivity contribution in [3.05, 3.63) is 54.1 Å². The van der Waals surface area contributed by atoms with Crippen LogP contribution in [0.2, 0.25) is 0 Å². The highest BCUT2D eigenvalue weighted by atomic mass is 16.3. The second-order valence-electron chi connectivity index (χ2n) is 5.38. The molecule has 0 saturated carbocycles. The number of piperidine rings is 1. The van der Waals surface area contributed by atoms with E-state index in [0.717, 1.165) is 30.9 Å². The van der Waals surface area contributed by atoms with Crippen molar-refractivity contribution in [1.82, 2.24) is 14.9 Å². The van der Waals surface area contributed by atoms with Crippen LogP contribution < -0.4 is 0 Å². The average Bonchev–Trinajstić information content (AvgIpc) is 2.48. The van der Waals surface area contributed by atoms with Gasteiger partial charge in [-0.3, -0.25) is 4.90 Å². The Morgan fingerprint density at radius 1 is 1.30 bits per heavy atom. The lowest BCUT2D eigenvalue weighted by atomic mass is 9.94. The van der Waals surface area contributed by atoms with Gasteiger partial charge >= 0.3 is 0 Å². The lowest BCUT2D eigenvalue weighted by Crippen LogP contribution is -2.34. The molecule has 1 saturated heterocycles.